The number of rotatable bonds is 3. The summed E-state index contributed by atoms with van der Waals surface area (Å²) < 4.78 is 31.7. The summed E-state index contributed by atoms with van der Waals surface area (Å²) in [5.74, 6) is -0.155. The fourth-order valence-corrected chi connectivity index (χ4v) is 6.46. The van der Waals surface area contributed by atoms with E-state index in [-0.39, 0.29) is 24.0 Å². The van der Waals surface area contributed by atoms with Gasteiger partial charge >= 0.3 is 0 Å². The summed E-state index contributed by atoms with van der Waals surface area (Å²) in [4.78, 5) is 15.0. The summed E-state index contributed by atoms with van der Waals surface area (Å²) in [6, 6.07) is 4.85. The van der Waals surface area contributed by atoms with Crippen LogP contribution >= 0.6 is 11.6 Å². The Hall–Kier alpha value is -1.11. The lowest BCUT2D eigenvalue weighted by Gasteiger charge is -2.36. The number of morpholine rings is 1. The molecule has 0 N–H and O–H groups in total. The van der Waals surface area contributed by atoms with Crippen molar-refractivity contribution in [2.24, 2.45) is 5.92 Å². The number of sulfone groups is 1. The van der Waals surface area contributed by atoms with Crippen molar-refractivity contribution in [1.82, 2.24) is 4.90 Å². The Morgan fingerprint density at radius 2 is 1.85 bits per heavy atom. The van der Waals surface area contributed by atoms with Crippen LogP contribution in [0.4, 0.5) is 0 Å². The molecule has 0 spiro atoms. The second kappa shape index (κ2) is 7.49. The normalized spacial score (nSPS) is 29.8. The van der Waals surface area contributed by atoms with E-state index in [0.717, 1.165) is 0 Å². The van der Waals surface area contributed by atoms with Gasteiger partial charge in [0.25, 0.3) is 0 Å². The maximum Gasteiger partial charge on any atom is 0.225 e. The Morgan fingerprint density at radius 1 is 1.19 bits per heavy atom. The number of hydrogen-bond donors (Lipinski definition) is 0. The average molecular weight is 400 g/mol. The van der Waals surface area contributed by atoms with E-state index in [9.17, 15) is 13.2 Å². The van der Waals surface area contributed by atoms with Crippen molar-refractivity contribution in [2.45, 2.75) is 62.4 Å². The molecular weight excluding hydrogens is 374 g/mol. The quantitative estimate of drug-likeness (QED) is 0.782. The minimum atomic E-state index is -3.46. The predicted octanol–water partition coefficient (Wildman–Crippen LogP) is 3.23. The van der Waals surface area contributed by atoms with Crippen molar-refractivity contribution < 1.29 is 17.9 Å². The fourth-order valence-electron chi connectivity index (χ4n) is 4.17. The van der Waals surface area contributed by atoms with Gasteiger partial charge in [0.05, 0.1) is 22.4 Å². The first-order valence-electron chi connectivity index (χ1n) is 9.12. The fraction of sp³-hybridized carbons (Fsp3) is 0.632. The summed E-state index contributed by atoms with van der Waals surface area (Å²) in [6.07, 6.45) is 1.57. The van der Waals surface area contributed by atoms with E-state index in [1.807, 2.05) is 18.7 Å². The summed E-state index contributed by atoms with van der Waals surface area (Å²) >= 11 is 5.95. The Bertz CT molecular complexity index is 785. The molecule has 4 atom stereocenters. The Morgan fingerprint density at radius 3 is 2.46 bits per heavy atom. The van der Waals surface area contributed by atoms with Crippen LogP contribution in [0.15, 0.2) is 23.1 Å². The predicted molar refractivity (Wildman–Crippen MR) is 101 cm³/mol. The topological polar surface area (TPSA) is 63.7 Å². The molecule has 26 heavy (non-hydrogen) atoms. The Kier molecular flexibility index (Phi) is 5.66. The van der Waals surface area contributed by atoms with Crippen LogP contribution in [0.3, 0.4) is 0 Å². The highest BCUT2D eigenvalue weighted by Crippen LogP contribution is 2.36. The van der Waals surface area contributed by atoms with Gasteiger partial charge in [0, 0.05) is 24.0 Å². The number of nitrogens with zero attached hydrogens (tertiary/aromatic N) is 1. The first-order chi connectivity index (χ1) is 12.2. The van der Waals surface area contributed by atoms with Gasteiger partial charge < -0.3 is 9.64 Å². The third-order valence-electron chi connectivity index (χ3n) is 5.35. The van der Waals surface area contributed by atoms with Crippen LogP contribution in [0.1, 0.15) is 38.7 Å². The van der Waals surface area contributed by atoms with Gasteiger partial charge in [-0.1, -0.05) is 11.6 Å². The maximum absolute atomic E-state index is 13.0. The average Bonchev–Trinajstić information content (AvgIpc) is 3.03. The Balaban J connectivity index is 1.72. The monoisotopic (exact) mass is 399 g/mol. The molecule has 0 bridgehead atoms. The van der Waals surface area contributed by atoms with E-state index in [4.69, 9.17) is 16.3 Å². The summed E-state index contributed by atoms with van der Waals surface area (Å²) in [5, 5.41) is 0.0173. The zero-order valence-corrected chi connectivity index (χ0v) is 17.0. The number of ether oxygens (including phenoxy) is 1. The number of hydrogen-bond acceptors (Lipinski definition) is 4. The van der Waals surface area contributed by atoms with Gasteiger partial charge in [-0.25, -0.2) is 8.42 Å². The van der Waals surface area contributed by atoms with Gasteiger partial charge in [-0.2, -0.15) is 0 Å². The molecule has 1 aliphatic heterocycles. The van der Waals surface area contributed by atoms with Crippen LogP contribution < -0.4 is 0 Å². The van der Waals surface area contributed by atoms with Crippen LogP contribution in [0.2, 0.25) is 5.02 Å². The van der Waals surface area contributed by atoms with E-state index in [1.54, 1.807) is 25.1 Å². The highest BCUT2D eigenvalue weighted by Gasteiger charge is 2.41. The molecule has 144 valence electrons. The van der Waals surface area contributed by atoms with Crippen molar-refractivity contribution in [1.29, 1.82) is 0 Å². The van der Waals surface area contributed by atoms with Crippen molar-refractivity contribution in [3.63, 3.8) is 0 Å². The van der Waals surface area contributed by atoms with Crippen LogP contribution in [-0.4, -0.2) is 49.8 Å². The minimum Gasteiger partial charge on any atom is -0.372 e. The molecule has 0 aromatic heterocycles. The molecule has 1 aromatic carbocycles. The zero-order valence-electron chi connectivity index (χ0n) is 15.4. The van der Waals surface area contributed by atoms with Gasteiger partial charge in [-0.3, -0.25) is 4.79 Å². The highest BCUT2D eigenvalue weighted by molar-refractivity contribution is 7.92. The van der Waals surface area contributed by atoms with Gasteiger partial charge in [-0.15, -0.1) is 0 Å². The van der Waals surface area contributed by atoms with E-state index in [2.05, 4.69) is 0 Å². The molecule has 0 radical (unpaired) electrons. The zero-order chi connectivity index (χ0) is 19.1. The van der Waals surface area contributed by atoms with Crippen LogP contribution in [-0.2, 0) is 19.4 Å². The van der Waals surface area contributed by atoms with E-state index in [0.29, 0.717) is 47.8 Å². The van der Waals surface area contributed by atoms with E-state index < -0.39 is 15.1 Å². The molecule has 1 aliphatic carbocycles. The summed E-state index contributed by atoms with van der Waals surface area (Å²) in [5.41, 5.74) is 0.656. The molecule has 1 saturated carbocycles. The third-order valence-corrected chi connectivity index (χ3v) is 7.96. The molecule has 1 aromatic rings. The van der Waals surface area contributed by atoms with Crippen molar-refractivity contribution in [2.75, 3.05) is 13.1 Å². The lowest BCUT2D eigenvalue weighted by Crippen LogP contribution is -2.49. The number of carbonyl (C=O) groups excluding carboxylic acids is 1. The summed E-state index contributed by atoms with van der Waals surface area (Å²) in [6.45, 7) is 6.83. The third kappa shape index (κ3) is 3.92. The lowest BCUT2D eigenvalue weighted by atomic mass is 10.1. The second-order valence-corrected chi connectivity index (χ2v) is 10.2. The van der Waals surface area contributed by atoms with Gasteiger partial charge in [0.2, 0.25) is 5.91 Å². The van der Waals surface area contributed by atoms with E-state index in [1.165, 1.54) is 0 Å². The number of carbonyl (C=O) groups is 1. The number of aryl methyl sites for hydroxylation is 1. The molecular formula is C19H26ClNO4S. The summed E-state index contributed by atoms with van der Waals surface area (Å²) in [7, 11) is -3.46. The molecule has 2 fully saturated rings. The van der Waals surface area contributed by atoms with E-state index >= 15 is 0 Å². The standard InChI is InChI=1S/C19H26ClNO4S/c1-12-8-16(20)5-7-18(12)26(23,24)17-6-4-15(9-17)19(22)21-10-13(2)25-14(3)11-21/h5,7-8,13-15,17H,4,6,9-11H2,1-3H3/t13-,14+,15-,17-/m1/s1. The maximum atomic E-state index is 13.0. The van der Waals surface area contributed by atoms with Crippen LogP contribution in [0, 0.1) is 12.8 Å². The molecule has 7 heteroatoms. The van der Waals surface area contributed by atoms with Crippen LogP contribution in [0.5, 0.6) is 0 Å². The number of benzene rings is 1. The molecule has 1 amide bonds. The van der Waals surface area contributed by atoms with Gasteiger partial charge in [0.1, 0.15) is 0 Å². The minimum absolute atomic E-state index is 0.0142. The molecule has 5 nitrogen and oxygen atoms in total. The van der Waals surface area contributed by atoms with Crippen molar-refractivity contribution in [3.8, 4) is 0 Å². The number of amides is 1. The molecule has 1 saturated heterocycles. The number of halogens is 1. The molecule has 3 rings (SSSR count). The molecule has 1 heterocycles. The van der Waals surface area contributed by atoms with Crippen molar-refractivity contribution in [3.05, 3.63) is 28.8 Å². The Labute approximate surface area is 160 Å². The first kappa shape index (κ1) is 19.6. The SMILES string of the molecule is Cc1cc(Cl)ccc1S(=O)(=O)[C@@H]1CC[C@@H](C(=O)N2C[C@@H](C)O[C@@H](C)C2)C1. The first-order valence-corrected chi connectivity index (χ1v) is 11.0. The smallest absolute Gasteiger partial charge is 0.225 e. The van der Waals surface area contributed by atoms with Gasteiger partial charge in [-0.05, 0) is 63.8 Å². The molecule has 0 unspecified atom stereocenters. The van der Waals surface area contributed by atoms with Gasteiger partial charge in [0.15, 0.2) is 9.84 Å². The van der Waals surface area contributed by atoms with Crippen LogP contribution in [0.25, 0.3) is 0 Å². The lowest BCUT2D eigenvalue weighted by molar-refractivity contribution is -0.147. The largest absolute Gasteiger partial charge is 0.372 e. The highest BCUT2D eigenvalue weighted by atomic mass is 35.5. The van der Waals surface area contributed by atoms with Crippen molar-refractivity contribution >= 4 is 27.3 Å². The second-order valence-electron chi connectivity index (χ2n) is 7.59. The molecule has 2 aliphatic rings.